The molecular weight excluding hydrogens is 344 g/mol. The fourth-order valence-electron chi connectivity index (χ4n) is 3.51. The highest BCUT2D eigenvalue weighted by Gasteiger charge is 2.33. The van der Waals surface area contributed by atoms with Gasteiger partial charge in [0.1, 0.15) is 6.54 Å². The maximum absolute atomic E-state index is 12.7. The first-order chi connectivity index (χ1) is 12.6. The zero-order valence-electron chi connectivity index (χ0n) is 15.2. The Hall–Kier alpha value is -2.40. The summed E-state index contributed by atoms with van der Waals surface area (Å²) in [4.78, 5) is 28.0. The second kappa shape index (κ2) is 7.87. The van der Waals surface area contributed by atoms with Crippen molar-refractivity contribution < 1.29 is 9.59 Å². The van der Waals surface area contributed by atoms with Crippen LogP contribution in [0.5, 0.6) is 0 Å². The molecule has 1 aromatic carbocycles. The smallest absolute Gasteiger partial charge is 0.259 e. The van der Waals surface area contributed by atoms with Gasteiger partial charge in [-0.2, -0.15) is 0 Å². The first kappa shape index (κ1) is 18.4. The zero-order valence-corrected chi connectivity index (χ0v) is 16.0. The monoisotopic (exact) mass is 368 g/mol. The molecule has 26 heavy (non-hydrogen) atoms. The topological polar surface area (TPSA) is 49.4 Å². The summed E-state index contributed by atoms with van der Waals surface area (Å²) in [7, 11) is 0. The Morgan fingerprint density at radius 3 is 2.42 bits per heavy atom. The van der Waals surface area contributed by atoms with Crippen LogP contribution >= 0.6 is 11.3 Å². The molecule has 1 aliphatic rings. The Bertz CT molecular complexity index is 774. The molecule has 1 N–H and O–H groups in total. The summed E-state index contributed by atoms with van der Waals surface area (Å²) in [6, 6.07) is 11.4. The highest BCUT2D eigenvalue weighted by Crippen LogP contribution is 2.32. The summed E-state index contributed by atoms with van der Waals surface area (Å²) in [5, 5.41) is 5.18. The molecule has 4 nitrogen and oxygen atoms in total. The van der Waals surface area contributed by atoms with Gasteiger partial charge in [-0.05, 0) is 23.4 Å². The van der Waals surface area contributed by atoms with Gasteiger partial charge in [0.2, 0.25) is 5.91 Å². The van der Waals surface area contributed by atoms with Crippen LogP contribution < -0.4 is 5.32 Å². The van der Waals surface area contributed by atoms with Crippen molar-refractivity contribution in [2.24, 2.45) is 5.92 Å². The van der Waals surface area contributed by atoms with E-state index < -0.39 is 0 Å². The van der Waals surface area contributed by atoms with Crippen LogP contribution in [0, 0.1) is 5.92 Å². The number of amides is 2. The van der Waals surface area contributed by atoms with Gasteiger partial charge in [0, 0.05) is 21.7 Å². The Morgan fingerprint density at radius 1 is 1.15 bits per heavy atom. The summed E-state index contributed by atoms with van der Waals surface area (Å²) >= 11 is 1.65. The number of nitrogens with zero attached hydrogens (tertiary/aromatic N) is 1. The van der Waals surface area contributed by atoms with E-state index in [-0.39, 0.29) is 24.4 Å². The van der Waals surface area contributed by atoms with Crippen LogP contribution in [-0.2, 0) is 4.79 Å². The lowest BCUT2D eigenvalue weighted by Gasteiger charge is -2.27. The number of carbonyl (C=O) groups is 2. The van der Waals surface area contributed by atoms with E-state index in [9.17, 15) is 9.59 Å². The first-order valence-corrected chi connectivity index (χ1v) is 9.87. The lowest BCUT2D eigenvalue weighted by atomic mass is 9.93. The fourth-order valence-corrected chi connectivity index (χ4v) is 4.38. The van der Waals surface area contributed by atoms with Gasteiger partial charge in [-0.15, -0.1) is 11.3 Å². The molecule has 3 rings (SSSR count). The molecule has 0 saturated carbocycles. The summed E-state index contributed by atoms with van der Waals surface area (Å²) in [6.07, 6.45) is 1.97. The Kier molecular flexibility index (Phi) is 5.57. The number of carbonyl (C=O) groups excluding carboxylic acids is 2. The van der Waals surface area contributed by atoms with E-state index in [4.69, 9.17) is 0 Å². The summed E-state index contributed by atoms with van der Waals surface area (Å²) in [5.41, 5.74) is 2.01. The lowest BCUT2D eigenvalue weighted by Crippen LogP contribution is -2.40. The van der Waals surface area contributed by atoms with Crippen LogP contribution in [0.4, 0.5) is 0 Å². The van der Waals surface area contributed by atoms with E-state index in [0.29, 0.717) is 17.2 Å². The number of fused-ring (bicyclic) bond motifs is 1. The summed E-state index contributed by atoms with van der Waals surface area (Å²) < 4.78 is 0. The standard InChI is InChI=1S/C21H24N2O2S/c1-4-15(5-2)20(18-11-8-12-26-18)22-19(24)13-23-14(3)16-9-6-7-10-17(16)21(23)25/h6-12,15,20H,3-5,13H2,1-2H3,(H,22,24). The van der Waals surface area contributed by atoms with Crippen LogP contribution in [0.25, 0.3) is 5.70 Å². The SMILES string of the molecule is C=C1c2ccccc2C(=O)N1CC(=O)NC(c1cccs1)C(CC)CC. The molecule has 0 spiro atoms. The number of benzene rings is 1. The predicted molar refractivity (Wildman–Crippen MR) is 106 cm³/mol. The normalized spacial score (nSPS) is 14.7. The van der Waals surface area contributed by atoms with E-state index in [2.05, 4.69) is 31.8 Å². The van der Waals surface area contributed by atoms with Crippen molar-refractivity contribution in [1.82, 2.24) is 10.2 Å². The third kappa shape index (κ3) is 3.44. The highest BCUT2D eigenvalue weighted by molar-refractivity contribution is 7.10. The minimum absolute atomic E-state index is 0.00558. The number of hydrogen-bond donors (Lipinski definition) is 1. The molecule has 1 atom stereocenters. The van der Waals surface area contributed by atoms with Crippen molar-refractivity contribution in [3.63, 3.8) is 0 Å². The van der Waals surface area contributed by atoms with Crippen molar-refractivity contribution in [1.29, 1.82) is 0 Å². The van der Waals surface area contributed by atoms with E-state index in [1.807, 2.05) is 29.6 Å². The van der Waals surface area contributed by atoms with Crippen LogP contribution in [-0.4, -0.2) is 23.3 Å². The van der Waals surface area contributed by atoms with Gasteiger partial charge in [0.15, 0.2) is 0 Å². The average Bonchev–Trinajstić information content (AvgIpc) is 3.26. The molecular formula is C21H24N2O2S. The van der Waals surface area contributed by atoms with Crippen LogP contribution in [0.2, 0.25) is 0 Å². The molecule has 2 aromatic rings. The molecule has 1 aromatic heterocycles. The molecule has 1 unspecified atom stereocenters. The highest BCUT2D eigenvalue weighted by atomic mass is 32.1. The second-order valence-electron chi connectivity index (χ2n) is 6.52. The molecule has 0 saturated heterocycles. The Labute approximate surface area is 158 Å². The van der Waals surface area contributed by atoms with Gasteiger partial charge >= 0.3 is 0 Å². The van der Waals surface area contributed by atoms with Crippen molar-refractivity contribution in [2.45, 2.75) is 32.7 Å². The van der Waals surface area contributed by atoms with Gasteiger partial charge < -0.3 is 5.32 Å². The summed E-state index contributed by atoms with van der Waals surface area (Å²) in [5.74, 6) is 0.0563. The minimum Gasteiger partial charge on any atom is -0.347 e. The van der Waals surface area contributed by atoms with Gasteiger partial charge in [0.05, 0.1) is 6.04 Å². The fraction of sp³-hybridized carbons (Fsp3) is 0.333. The number of nitrogens with one attached hydrogen (secondary N) is 1. The van der Waals surface area contributed by atoms with Gasteiger partial charge in [0.25, 0.3) is 5.91 Å². The maximum Gasteiger partial charge on any atom is 0.259 e. The third-order valence-corrected chi connectivity index (χ3v) is 5.98. The Morgan fingerprint density at radius 2 is 1.85 bits per heavy atom. The van der Waals surface area contributed by atoms with Crippen LogP contribution in [0.15, 0.2) is 48.4 Å². The quantitative estimate of drug-likeness (QED) is 0.784. The largest absolute Gasteiger partial charge is 0.347 e. The first-order valence-electron chi connectivity index (χ1n) is 8.99. The molecule has 2 heterocycles. The van der Waals surface area contributed by atoms with E-state index in [1.165, 1.54) is 4.90 Å². The van der Waals surface area contributed by atoms with Crippen molar-refractivity contribution in [3.05, 3.63) is 64.4 Å². The van der Waals surface area contributed by atoms with Crippen LogP contribution in [0.3, 0.4) is 0 Å². The molecule has 0 radical (unpaired) electrons. The predicted octanol–water partition coefficient (Wildman–Crippen LogP) is 4.47. The molecule has 0 fully saturated rings. The van der Waals surface area contributed by atoms with Gasteiger partial charge in [-0.1, -0.05) is 57.5 Å². The van der Waals surface area contributed by atoms with Crippen molar-refractivity contribution in [2.75, 3.05) is 6.54 Å². The lowest BCUT2D eigenvalue weighted by molar-refractivity contribution is -0.122. The average molecular weight is 369 g/mol. The minimum atomic E-state index is -0.157. The molecule has 0 bridgehead atoms. The number of hydrogen-bond acceptors (Lipinski definition) is 3. The zero-order chi connectivity index (χ0) is 18.7. The van der Waals surface area contributed by atoms with E-state index in [1.54, 1.807) is 17.4 Å². The number of thiophene rings is 1. The molecule has 1 aliphatic heterocycles. The second-order valence-corrected chi connectivity index (χ2v) is 7.50. The van der Waals surface area contributed by atoms with Crippen molar-refractivity contribution >= 4 is 28.8 Å². The van der Waals surface area contributed by atoms with E-state index >= 15 is 0 Å². The van der Waals surface area contributed by atoms with Crippen LogP contribution in [0.1, 0.15) is 53.5 Å². The van der Waals surface area contributed by atoms with Gasteiger partial charge in [-0.3, -0.25) is 14.5 Å². The van der Waals surface area contributed by atoms with E-state index in [0.717, 1.165) is 23.3 Å². The molecule has 2 amide bonds. The van der Waals surface area contributed by atoms with Crippen molar-refractivity contribution in [3.8, 4) is 0 Å². The molecule has 0 aliphatic carbocycles. The third-order valence-electron chi connectivity index (χ3n) is 5.03. The maximum atomic E-state index is 12.7. The van der Waals surface area contributed by atoms with Gasteiger partial charge in [-0.25, -0.2) is 0 Å². The summed E-state index contributed by atoms with van der Waals surface area (Å²) in [6.45, 7) is 8.28. The Balaban J connectivity index is 1.74. The molecule has 5 heteroatoms. The molecule has 136 valence electrons. The number of rotatable bonds is 7.